The van der Waals surface area contributed by atoms with Crippen molar-refractivity contribution in [2.24, 2.45) is 10.9 Å². The van der Waals surface area contributed by atoms with Gasteiger partial charge in [0.2, 0.25) is 0 Å². The molecule has 2 rings (SSSR count). The van der Waals surface area contributed by atoms with Gasteiger partial charge in [-0.05, 0) is 31.7 Å². The van der Waals surface area contributed by atoms with Gasteiger partial charge in [0.15, 0.2) is 5.96 Å². The summed E-state index contributed by atoms with van der Waals surface area (Å²) in [5, 5.41) is 6.70. The Labute approximate surface area is 130 Å². The van der Waals surface area contributed by atoms with Crippen LogP contribution in [0.25, 0.3) is 0 Å². The smallest absolute Gasteiger partial charge is 0.356 e. The second-order valence-corrected chi connectivity index (χ2v) is 6.44. The lowest BCUT2D eigenvalue weighted by molar-refractivity contribution is -0.143. The van der Waals surface area contributed by atoms with Crippen LogP contribution in [0.5, 0.6) is 0 Å². The first-order chi connectivity index (χ1) is 10.5. The monoisotopic (exact) mass is 320 g/mol. The molecule has 0 spiro atoms. The standard InChI is InChI=1S/C15H27F3N4/c1-19-14(21-13-5-3-2-4-6-13)20-9-12-7-8-22(10-12)11-15(16,17)18/h12-13H,2-11H2,1H3,(H2,19,20,21). The number of guanidine groups is 1. The molecule has 2 fully saturated rings. The Bertz CT molecular complexity index is 364. The van der Waals surface area contributed by atoms with Crippen molar-refractivity contribution in [2.75, 3.05) is 33.2 Å². The van der Waals surface area contributed by atoms with Gasteiger partial charge < -0.3 is 10.6 Å². The molecule has 1 aliphatic carbocycles. The maximum Gasteiger partial charge on any atom is 0.401 e. The number of aliphatic imine (C=N–C) groups is 1. The molecule has 2 aliphatic rings. The summed E-state index contributed by atoms with van der Waals surface area (Å²) in [5.74, 6) is 1.04. The second kappa shape index (κ2) is 8.04. The van der Waals surface area contributed by atoms with Crippen LogP contribution in [0.1, 0.15) is 38.5 Å². The van der Waals surface area contributed by atoms with Crippen LogP contribution in [-0.4, -0.2) is 56.3 Å². The fraction of sp³-hybridized carbons (Fsp3) is 0.933. The first-order valence-corrected chi connectivity index (χ1v) is 8.22. The van der Waals surface area contributed by atoms with Crippen molar-refractivity contribution in [1.29, 1.82) is 0 Å². The third-order valence-electron chi connectivity index (χ3n) is 4.50. The number of rotatable bonds is 4. The Morgan fingerprint density at radius 3 is 2.55 bits per heavy atom. The number of likely N-dealkylation sites (tertiary alicyclic amines) is 1. The van der Waals surface area contributed by atoms with Crippen LogP contribution in [0, 0.1) is 5.92 Å². The summed E-state index contributed by atoms with van der Waals surface area (Å²) in [6.45, 7) is 0.923. The summed E-state index contributed by atoms with van der Waals surface area (Å²) in [5.41, 5.74) is 0. The van der Waals surface area contributed by atoms with Crippen molar-refractivity contribution in [3.63, 3.8) is 0 Å². The predicted molar refractivity (Wildman–Crippen MR) is 82.0 cm³/mol. The molecule has 128 valence electrons. The lowest BCUT2D eigenvalue weighted by atomic mass is 9.96. The SMILES string of the molecule is CN=C(NCC1CCN(CC(F)(F)F)C1)NC1CCCCC1. The van der Waals surface area contributed by atoms with Gasteiger partial charge >= 0.3 is 6.18 Å². The number of nitrogens with one attached hydrogen (secondary N) is 2. The number of alkyl halides is 3. The molecule has 0 bridgehead atoms. The first-order valence-electron chi connectivity index (χ1n) is 8.22. The maximum atomic E-state index is 12.4. The van der Waals surface area contributed by atoms with Gasteiger partial charge in [-0.25, -0.2) is 0 Å². The van der Waals surface area contributed by atoms with Crippen molar-refractivity contribution in [1.82, 2.24) is 15.5 Å². The number of nitrogens with zero attached hydrogens (tertiary/aromatic N) is 2. The molecule has 22 heavy (non-hydrogen) atoms. The molecule has 1 saturated carbocycles. The molecule has 0 radical (unpaired) electrons. The number of hydrogen-bond acceptors (Lipinski definition) is 2. The maximum absolute atomic E-state index is 12.4. The van der Waals surface area contributed by atoms with E-state index in [-0.39, 0.29) is 5.92 Å². The van der Waals surface area contributed by atoms with Crippen molar-refractivity contribution in [2.45, 2.75) is 50.7 Å². The largest absolute Gasteiger partial charge is 0.401 e. The topological polar surface area (TPSA) is 39.7 Å². The van der Waals surface area contributed by atoms with E-state index in [1.165, 1.54) is 37.0 Å². The summed E-state index contributed by atoms with van der Waals surface area (Å²) in [7, 11) is 1.74. The molecule has 1 saturated heterocycles. The second-order valence-electron chi connectivity index (χ2n) is 6.44. The summed E-state index contributed by atoms with van der Waals surface area (Å²) in [6.07, 6.45) is 2.87. The highest BCUT2D eigenvalue weighted by atomic mass is 19.4. The molecule has 1 atom stereocenters. The third kappa shape index (κ3) is 6.02. The highest BCUT2D eigenvalue weighted by Gasteiger charge is 2.34. The van der Waals surface area contributed by atoms with Crippen molar-refractivity contribution >= 4 is 5.96 Å². The van der Waals surface area contributed by atoms with Crippen LogP contribution in [0.3, 0.4) is 0 Å². The average molecular weight is 320 g/mol. The summed E-state index contributed by atoms with van der Waals surface area (Å²) < 4.78 is 37.1. The van der Waals surface area contributed by atoms with Gasteiger partial charge in [0.25, 0.3) is 0 Å². The molecule has 0 aromatic rings. The Kier molecular flexibility index (Phi) is 6.35. The molecule has 0 aromatic heterocycles. The zero-order valence-corrected chi connectivity index (χ0v) is 13.3. The van der Waals surface area contributed by atoms with Gasteiger partial charge in [-0.15, -0.1) is 0 Å². The zero-order chi connectivity index (χ0) is 16.0. The molecule has 4 nitrogen and oxygen atoms in total. The number of halogens is 3. The minimum Gasteiger partial charge on any atom is -0.356 e. The Hall–Kier alpha value is -0.980. The predicted octanol–water partition coefficient (Wildman–Crippen LogP) is 2.37. The Balaban J connectivity index is 1.68. The lowest BCUT2D eigenvalue weighted by Crippen LogP contribution is -2.45. The van der Waals surface area contributed by atoms with Crippen LogP contribution < -0.4 is 10.6 Å². The molecule has 1 aliphatic heterocycles. The molecule has 1 unspecified atom stereocenters. The molecule has 1 heterocycles. The van der Waals surface area contributed by atoms with E-state index in [0.29, 0.717) is 25.7 Å². The molecular formula is C15H27F3N4. The fourth-order valence-electron chi connectivity index (χ4n) is 3.35. The minimum absolute atomic E-state index is 0.257. The van der Waals surface area contributed by atoms with Crippen molar-refractivity contribution < 1.29 is 13.2 Å². The van der Waals surface area contributed by atoms with Crippen LogP contribution in [0.4, 0.5) is 13.2 Å². The van der Waals surface area contributed by atoms with Crippen LogP contribution in [0.15, 0.2) is 4.99 Å². The minimum atomic E-state index is -4.10. The van der Waals surface area contributed by atoms with Gasteiger partial charge in [-0.2, -0.15) is 13.2 Å². The normalized spacial score (nSPS) is 25.5. The van der Waals surface area contributed by atoms with E-state index in [4.69, 9.17) is 0 Å². The summed E-state index contributed by atoms with van der Waals surface area (Å²) in [4.78, 5) is 5.71. The van der Waals surface area contributed by atoms with E-state index in [0.717, 1.165) is 12.4 Å². The van der Waals surface area contributed by atoms with E-state index in [1.807, 2.05) is 0 Å². The lowest BCUT2D eigenvalue weighted by Gasteiger charge is -2.25. The first kappa shape index (κ1) is 17.4. The molecule has 2 N–H and O–H groups in total. The Morgan fingerprint density at radius 2 is 1.91 bits per heavy atom. The quantitative estimate of drug-likeness (QED) is 0.617. The van der Waals surface area contributed by atoms with Crippen molar-refractivity contribution in [3.8, 4) is 0 Å². The zero-order valence-electron chi connectivity index (χ0n) is 13.3. The van der Waals surface area contributed by atoms with Gasteiger partial charge in [0, 0.05) is 26.2 Å². The molecule has 7 heteroatoms. The van der Waals surface area contributed by atoms with E-state index in [2.05, 4.69) is 15.6 Å². The molecule has 0 aromatic carbocycles. The highest BCUT2D eigenvalue weighted by molar-refractivity contribution is 5.79. The van der Waals surface area contributed by atoms with E-state index in [9.17, 15) is 13.2 Å². The van der Waals surface area contributed by atoms with E-state index < -0.39 is 12.7 Å². The highest BCUT2D eigenvalue weighted by Crippen LogP contribution is 2.22. The number of hydrogen-bond donors (Lipinski definition) is 2. The van der Waals surface area contributed by atoms with Crippen molar-refractivity contribution in [3.05, 3.63) is 0 Å². The van der Waals surface area contributed by atoms with Gasteiger partial charge in [0.05, 0.1) is 6.54 Å². The molecule has 0 amide bonds. The fourth-order valence-corrected chi connectivity index (χ4v) is 3.35. The van der Waals surface area contributed by atoms with Crippen LogP contribution >= 0.6 is 0 Å². The van der Waals surface area contributed by atoms with Gasteiger partial charge in [-0.3, -0.25) is 9.89 Å². The summed E-state index contributed by atoms with van der Waals surface area (Å²) in [6, 6.07) is 0.477. The van der Waals surface area contributed by atoms with Gasteiger partial charge in [-0.1, -0.05) is 19.3 Å². The average Bonchev–Trinajstić information content (AvgIpc) is 2.90. The summed E-state index contributed by atoms with van der Waals surface area (Å²) >= 11 is 0. The van der Waals surface area contributed by atoms with Crippen LogP contribution in [-0.2, 0) is 0 Å². The third-order valence-corrected chi connectivity index (χ3v) is 4.50. The molecular weight excluding hydrogens is 293 g/mol. The van der Waals surface area contributed by atoms with Crippen LogP contribution in [0.2, 0.25) is 0 Å². The Morgan fingerprint density at radius 1 is 1.18 bits per heavy atom. The van der Waals surface area contributed by atoms with E-state index in [1.54, 1.807) is 7.05 Å². The van der Waals surface area contributed by atoms with E-state index >= 15 is 0 Å². The van der Waals surface area contributed by atoms with Gasteiger partial charge in [0.1, 0.15) is 0 Å².